The molecule has 0 aliphatic carbocycles. The lowest BCUT2D eigenvalue weighted by Gasteiger charge is -2.19. The smallest absolute Gasteiger partial charge is 0.408 e. The molecule has 0 heterocycles. The first-order valence-corrected chi connectivity index (χ1v) is 9.35. The Morgan fingerprint density at radius 2 is 1.64 bits per heavy atom. The Labute approximate surface area is 132 Å². The van der Waals surface area contributed by atoms with Crippen LogP contribution in [0.2, 0.25) is 0 Å². The van der Waals surface area contributed by atoms with Crippen molar-refractivity contribution in [2.75, 3.05) is 0 Å². The minimum atomic E-state index is -3.88. The third-order valence-corrected chi connectivity index (χ3v) is 5.03. The highest BCUT2D eigenvalue weighted by Gasteiger charge is 2.28. The molecule has 0 aliphatic heterocycles. The normalized spacial score (nSPS) is 13.6. The van der Waals surface area contributed by atoms with Crippen molar-refractivity contribution in [2.45, 2.75) is 39.5 Å². The second kappa shape index (κ2) is 7.62. The molecule has 0 saturated carbocycles. The third-order valence-electron chi connectivity index (χ3n) is 3.54. The zero-order valence-electron chi connectivity index (χ0n) is 13.2. The van der Waals surface area contributed by atoms with Gasteiger partial charge in [0.15, 0.2) is 0 Å². The summed E-state index contributed by atoms with van der Waals surface area (Å²) in [4.78, 5) is 10.5. The second-order valence-electron chi connectivity index (χ2n) is 5.34. The summed E-state index contributed by atoms with van der Waals surface area (Å²) in [6.07, 6.45) is 3.64. The summed E-state index contributed by atoms with van der Waals surface area (Å²) in [6, 6.07) is 14.4. The van der Waals surface area contributed by atoms with E-state index in [2.05, 4.69) is 13.8 Å². The van der Waals surface area contributed by atoms with Crippen LogP contribution in [-0.2, 0) is 17.4 Å². The zero-order chi connectivity index (χ0) is 16.0. The van der Waals surface area contributed by atoms with Gasteiger partial charge in [-0.2, -0.15) is 0 Å². The van der Waals surface area contributed by atoms with Gasteiger partial charge in [-0.25, -0.2) is 4.57 Å². The predicted molar refractivity (Wildman–Crippen MR) is 91.0 cm³/mol. The molecule has 0 radical (unpaired) electrons. The van der Waals surface area contributed by atoms with E-state index in [9.17, 15) is 9.46 Å². The molecule has 3 nitrogen and oxygen atoms in total. The van der Waals surface area contributed by atoms with Gasteiger partial charge in [0.1, 0.15) is 5.75 Å². The summed E-state index contributed by atoms with van der Waals surface area (Å²) in [6.45, 7) is 4.19. The highest BCUT2D eigenvalue weighted by Crippen LogP contribution is 2.43. The Kier molecular flexibility index (Phi) is 5.82. The van der Waals surface area contributed by atoms with Crippen molar-refractivity contribution >= 4 is 12.9 Å². The molecule has 0 spiro atoms. The average molecular weight is 318 g/mol. The van der Waals surface area contributed by atoms with E-state index in [0.29, 0.717) is 11.1 Å². The quantitative estimate of drug-likeness (QED) is 0.766. The molecular formula is C18H23O3P. The van der Waals surface area contributed by atoms with Gasteiger partial charge in [0.25, 0.3) is 0 Å². The van der Waals surface area contributed by atoms with Crippen molar-refractivity contribution in [1.82, 2.24) is 0 Å². The lowest BCUT2D eigenvalue weighted by atomic mass is 10.00. The largest absolute Gasteiger partial charge is 0.421 e. The van der Waals surface area contributed by atoms with E-state index in [0.717, 1.165) is 36.8 Å². The number of hydrogen-bond acceptors (Lipinski definition) is 2. The first-order valence-electron chi connectivity index (χ1n) is 7.77. The van der Waals surface area contributed by atoms with Crippen LogP contribution in [-0.4, -0.2) is 4.89 Å². The van der Waals surface area contributed by atoms with Crippen LogP contribution in [0, 0.1) is 0 Å². The van der Waals surface area contributed by atoms with Crippen molar-refractivity contribution < 1.29 is 14.0 Å². The Balaban J connectivity index is 2.41. The number of para-hydroxylation sites is 1. The number of hydrogen-bond donors (Lipinski definition) is 1. The Hall–Kier alpha value is -1.57. The van der Waals surface area contributed by atoms with Crippen LogP contribution in [0.5, 0.6) is 5.75 Å². The third kappa shape index (κ3) is 4.00. The Bertz CT molecular complexity index is 653. The summed E-state index contributed by atoms with van der Waals surface area (Å²) in [5.41, 5.74) is 2.11. The molecule has 0 aliphatic rings. The van der Waals surface area contributed by atoms with E-state index < -0.39 is 7.60 Å². The monoisotopic (exact) mass is 318 g/mol. The molecule has 0 amide bonds. The van der Waals surface area contributed by atoms with E-state index in [1.807, 2.05) is 18.2 Å². The molecule has 1 unspecified atom stereocenters. The van der Waals surface area contributed by atoms with Gasteiger partial charge in [0.05, 0.1) is 5.30 Å². The van der Waals surface area contributed by atoms with E-state index in [4.69, 9.17) is 4.52 Å². The predicted octanol–water partition coefficient (Wildman–Crippen LogP) is 4.48. The van der Waals surface area contributed by atoms with Crippen molar-refractivity contribution in [3.8, 4) is 5.75 Å². The maximum absolute atomic E-state index is 12.8. The second-order valence-corrected chi connectivity index (χ2v) is 7.04. The Morgan fingerprint density at radius 1 is 0.955 bits per heavy atom. The average Bonchev–Trinajstić information content (AvgIpc) is 2.50. The van der Waals surface area contributed by atoms with Crippen molar-refractivity contribution in [3.63, 3.8) is 0 Å². The summed E-state index contributed by atoms with van der Waals surface area (Å²) >= 11 is 0. The van der Waals surface area contributed by atoms with Gasteiger partial charge in [0.2, 0.25) is 0 Å². The molecule has 2 rings (SSSR count). The lowest BCUT2D eigenvalue weighted by molar-refractivity contribution is 0.393. The molecule has 1 atom stereocenters. The topological polar surface area (TPSA) is 46.5 Å². The van der Waals surface area contributed by atoms with Crippen LogP contribution in [0.15, 0.2) is 48.5 Å². The molecule has 0 aromatic heterocycles. The molecule has 4 heteroatoms. The first kappa shape index (κ1) is 16.8. The van der Waals surface area contributed by atoms with E-state index in [1.165, 1.54) is 0 Å². The van der Waals surface area contributed by atoms with Crippen molar-refractivity contribution in [3.05, 3.63) is 59.7 Å². The molecule has 0 fully saturated rings. The maximum Gasteiger partial charge on any atom is 0.408 e. The fourth-order valence-electron chi connectivity index (χ4n) is 2.60. The summed E-state index contributed by atoms with van der Waals surface area (Å²) in [5, 5.41) is 0.434. The zero-order valence-corrected chi connectivity index (χ0v) is 14.1. The van der Waals surface area contributed by atoms with Crippen LogP contribution < -0.4 is 9.83 Å². The number of rotatable bonds is 7. The molecule has 2 aromatic carbocycles. The van der Waals surface area contributed by atoms with E-state index in [1.54, 1.807) is 30.3 Å². The van der Waals surface area contributed by atoms with Crippen LogP contribution in [0.3, 0.4) is 0 Å². The van der Waals surface area contributed by atoms with E-state index in [-0.39, 0.29) is 0 Å². The Morgan fingerprint density at radius 3 is 2.27 bits per heavy atom. The van der Waals surface area contributed by atoms with Gasteiger partial charge >= 0.3 is 7.60 Å². The van der Waals surface area contributed by atoms with Gasteiger partial charge in [-0.05, 0) is 42.2 Å². The number of benzene rings is 2. The van der Waals surface area contributed by atoms with Crippen molar-refractivity contribution in [2.24, 2.45) is 0 Å². The number of aryl methyl sites for hydroxylation is 1. The molecule has 118 valence electrons. The molecule has 1 N–H and O–H groups in total. The molecule has 0 bridgehead atoms. The van der Waals surface area contributed by atoms with Crippen LogP contribution >= 0.6 is 7.60 Å². The molecule has 2 aromatic rings. The minimum Gasteiger partial charge on any atom is -0.421 e. The fraction of sp³-hybridized carbons (Fsp3) is 0.333. The maximum atomic E-state index is 12.8. The van der Waals surface area contributed by atoms with Gasteiger partial charge in [0, 0.05) is 0 Å². The molecular weight excluding hydrogens is 295 g/mol. The van der Waals surface area contributed by atoms with Crippen LogP contribution in [0.25, 0.3) is 0 Å². The molecule has 0 saturated heterocycles. The van der Waals surface area contributed by atoms with Crippen molar-refractivity contribution in [1.29, 1.82) is 0 Å². The standard InChI is InChI=1S/C18H23O3P/c1-3-9-15-11-8-14-18(17(15)10-4-2)22(19,20)21-16-12-6-5-7-13-16/h5-8,11-14H,3-4,9-10H2,1-2H3,(H,19,20). The van der Waals surface area contributed by atoms with Crippen LogP contribution in [0.1, 0.15) is 37.8 Å². The molecule has 22 heavy (non-hydrogen) atoms. The van der Waals surface area contributed by atoms with Gasteiger partial charge < -0.3 is 9.42 Å². The minimum absolute atomic E-state index is 0.414. The van der Waals surface area contributed by atoms with Gasteiger partial charge in [-0.15, -0.1) is 0 Å². The summed E-state index contributed by atoms with van der Waals surface area (Å²) < 4.78 is 18.2. The van der Waals surface area contributed by atoms with E-state index >= 15 is 0 Å². The van der Waals surface area contributed by atoms with Crippen LogP contribution in [0.4, 0.5) is 0 Å². The summed E-state index contributed by atoms with van der Waals surface area (Å²) in [5.74, 6) is 0.414. The van der Waals surface area contributed by atoms with Gasteiger partial charge in [-0.1, -0.05) is 57.0 Å². The highest BCUT2D eigenvalue weighted by atomic mass is 31.2. The summed E-state index contributed by atoms with van der Waals surface area (Å²) in [7, 11) is -3.88. The van der Waals surface area contributed by atoms with Gasteiger partial charge in [-0.3, -0.25) is 0 Å². The first-order chi connectivity index (χ1) is 10.6. The fourth-order valence-corrected chi connectivity index (χ4v) is 3.98. The SMILES string of the molecule is CCCc1cccc(P(=O)(O)Oc2ccccc2)c1CCC. The highest BCUT2D eigenvalue weighted by molar-refractivity contribution is 7.61. The lowest BCUT2D eigenvalue weighted by Crippen LogP contribution is -2.17.